The normalized spacial score (nSPS) is 11.1. The van der Waals surface area contributed by atoms with Gasteiger partial charge in [0.1, 0.15) is 0 Å². The third kappa shape index (κ3) is 4.14. The molecule has 0 aliphatic rings. The van der Waals surface area contributed by atoms with Crippen molar-refractivity contribution < 1.29 is 14.7 Å². The lowest BCUT2D eigenvalue weighted by atomic mass is 9.88. The molecule has 1 aromatic carbocycles. The van der Waals surface area contributed by atoms with Gasteiger partial charge in [-0.25, -0.2) is 0 Å². The number of rotatable bonds is 5. The molecule has 1 amide bonds. The summed E-state index contributed by atoms with van der Waals surface area (Å²) in [7, 11) is 0. The number of nitrogens with one attached hydrogen (secondary N) is 1. The van der Waals surface area contributed by atoms with Gasteiger partial charge in [0, 0.05) is 11.0 Å². The fourth-order valence-electron chi connectivity index (χ4n) is 1.51. The second-order valence-electron chi connectivity index (χ2n) is 4.73. The van der Waals surface area contributed by atoms with Crippen LogP contribution in [-0.4, -0.2) is 17.0 Å². The summed E-state index contributed by atoms with van der Waals surface area (Å²) in [5.41, 5.74) is 0.0459. The summed E-state index contributed by atoms with van der Waals surface area (Å²) in [6, 6.07) is 7.57. The molecule has 2 N–H and O–H groups in total. The predicted octanol–water partition coefficient (Wildman–Crippen LogP) is 2.57. The first-order valence-electron chi connectivity index (χ1n) is 5.56. The van der Waals surface area contributed by atoms with E-state index in [1.54, 1.807) is 13.8 Å². The average Bonchev–Trinajstić information content (AvgIpc) is 2.25. The van der Waals surface area contributed by atoms with Crippen LogP contribution in [-0.2, 0) is 16.1 Å². The number of carboxylic acids is 1. The highest BCUT2D eigenvalue weighted by atomic mass is 79.9. The maximum atomic E-state index is 11.9. The van der Waals surface area contributed by atoms with Crippen molar-refractivity contribution in [2.24, 2.45) is 5.41 Å². The lowest BCUT2D eigenvalue weighted by Gasteiger charge is -2.21. The van der Waals surface area contributed by atoms with Crippen molar-refractivity contribution in [3.8, 4) is 0 Å². The third-order valence-electron chi connectivity index (χ3n) is 2.61. The Morgan fingerprint density at radius 3 is 2.50 bits per heavy atom. The van der Waals surface area contributed by atoms with Gasteiger partial charge in [0.15, 0.2) is 0 Å². The second-order valence-corrected chi connectivity index (χ2v) is 5.58. The molecular weight excluding hydrogens is 298 g/mol. The number of hydrogen-bond donors (Lipinski definition) is 2. The Bertz CT molecular complexity index is 457. The van der Waals surface area contributed by atoms with Crippen molar-refractivity contribution in [1.29, 1.82) is 0 Å². The molecule has 0 saturated heterocycles. The van der Waals surface area contributed by atoms with Gasteiger partial charge in [0.05, 0.1) is 11.8 Å². The van der Waals surface area contributed by atoms with Gasteiger partial charge in [-0.15, -0.1) is 0 Å². The third-order valence-corrected chi connectivity index (χ3v) is 3.38. The number of aliphatic carboxylic acids is 1. The molecule has 0 unspecified atom stereocenters. The van der Waals surface area contributed by atoms with Crippen molar-refractivity contribution in [3.63, 3.8) is 0 Å². The van der Waals surface area contributed by atoms with Crippen molar-refractivity contribution in [1.82, 2.24) is 5.32 Å². The van der Waals surface area contributed by atoms with Gasteiger partial charge in [0.25, 0.3) is 0 Å². The van der Waals surface area contributed by atoms with E-state index in [-0.39, 0.29) is 12.3 Å². The molecule has 0 atom stereocenters. The highest BCUT2D eigenvalue weighted by molar-refractivity contribution is 9.10. The smallest absolute Gasteiger partial charge is 0.304 e. The zero-order valence-corrected chi connectivity index (χ0v) is 12.0. The highest BCUT2D eigenvalue weighted by Gasteiger charge is 2.30. The summed E-state index contributed by atoms with van der Waals surface area (Å²) in [4.78, 5) is 22.6. The van der Waals surface area contributed by atoms with Crippen LogP contribution in [0.15, 0.2) is 28.7 Å². The van der Waals surface area contributed by atoms with Crippen LogP contribution in [0.2, 0.25) is 0 Å². The number of halogens is 1. The molecular formula is C13H16BrNO3. The van der Waals surface area contributed by atoms with Crippen LogP contribution in [0, 0.1) is 5.41 Å². The summed E-state index contributed by atoms with van der Waals surface area (Å²) in [5, 5.41) is 11.5. The fourth-order valence-corrected chi connectivity index (χ4v) is 1.94. The monoisotopic (exact) mass is 313 g/mol. The molecule has 0 heterocycles. The first kappa shape index (κ1) is 14.7. The van der Waals surface area contributed by atoms with E-state index in [4.69, 9.17) is 5.11 Å². The Hall–Kier alpha value is -1.36. The Kier molecular flexibility index (Phi) is 4.90. The van der Waals surface area contributed by atoms with Gasteiger partial charge in [0.2, 0.25) is 5.91 Å². The standard InChI is InChI=1S/C13H16BrNO3/c1-13(2,7-11(16)17)12(18)15-8-9-5-3-4-6-10(9)14/h3-6H,7-8H2,1-2H3,(H,15,18)(H,16,17). The minimum absolute atomic E-state index is 0.186. The Balaban J connectivity index is 2.61. The van der Waals surface area contributed by atoms with E-state index in [0.717, 1.165) is 10.0 Å². The van der Waals surface area contributed by atoms with Crippen molar-refractivity contribution in [2.75, 3.05) is 0 Å². The minimum atomic E-state index is -0.976. The van der Waals surface area contributed by atoms with Gasteiger partial charge in [-0.2, -0.15) is 0 Å². The summed E-state index contributed by atoms with van der Waals surface area (Å²) in [6.45, 7) is 3.62. The maximum absolute atomic E-state index is 11.9. The van der Waals surface area contributed by atoms with Crippen LogP contribution in [0.5, 0.6) is 0 Å². The molecule has 4 nitrogen and oxygen atoms in total. The molecule has 0 radical (unpaired) electrons. The SMILES string of the molecule is CC(C)(CC(=O)O)C(=O)NCc1ccccc1Br. The van der Waals surface area contributed by atoms with Crippen LogP contribution in [0.25, 0.3) is 0 Å². The molecule has 5 heteroatoms. The van der Waals surface area contributed by atoms with Gasteiger partial charge in [-0.05, 0) is 11.6 Å². The van der Waals surface area contributed by atoms with E-state index in [1.165, 1.54) is 0 Å². The molecule has 0 aliphatic heterocycles. The number of carbonyl (C=O) groups excluding carboxylic acids is 1. The summed E-state index contributed by atoms with van der Waals surface area (Å²) in [5.74, 6) is -1.24. The molecule has 98 valence electrons. The maximum Gasteiger partial charge on any atom is 0.304 e. The molecule has 0 aromatic heterocycles. The van der Waals surface area contributed by atoms with Crippen molar-refractivity contribution in [3.05, 3.63) is 34.3 Å². The van der Waals surface area contributed by atoms with Crippen LogP contribution in [0.3, 0.4) is 0 Å². The number of amides is 1. The van der Waals surface area contributed by atoms with Crippen LogP contribution >= 0.6 is 15.9 Å². The number of carboxylic acid groups (broad SMARTS) is 1. The lowest BCUT2D eigenvalue weighted by molar-refractivity contribution is -0.144. The summed E-state index contributed by atoms with van der Waals surface area (Å²) >= 11 is 3.39. The molecule has 0 bridgehead atoms. The van der Waals surface area contributed by atoms with Crippen LogP contribution in [0.1, 0.15) is 25.8 Å². The Morgan fingerprint density at radius 2 is 1.94 bits per heavy atom. The summed E-state index contributed by atoms with van der Waals surface area (Å²) in [6.07, 6.45) is -0.186. The minimum Gasteiger partial charge on any atom is -0.481 e. The molecule has 18 heavy (non-hydrogen) atoms. The topological polar surface area (TPSA) is 66.4 Å². The molecule has 1 rings (SSSR count). The van der Waals surface area contributed by atoms with Crippen LogP contribution in [0.4, 0.5) is 0 Å². The van der Waals surface area contributed by atoms with Crippen LogP contribution < -0.4 is 5.32 Å². The second kappa shape index (κ2) is 6.00. The van der Waals surface area contributed by atoms with Gasteiger partial charge in [-0.3, -0.25) is 9.59 Å². The first-order valence-corrected chi connectivity index (χ1v) is 6.36. The van der Waals surface area contributed by atoms with E-state index < -0.39 is 11.4 Å². The number of carbonyl (C=O) groups is 2. The van der Waals surface area contributed by atoms with Crippen molar-refractivity contribution in [2.45, 2.75) is 26.8 Å². The molecule has 0 fully saturated rings. The average molecular weight is 314 g/mol. The van der Waals surface area contributed by atoms with Gasteiger partial charge >= 0.3 is 5.97 Å². The zero-order valence-electron chi connectivity index (χ0n) is 10.4. The summed E-state index contributed by atoms with van der Waals surface area (Å²) < 4.78 is 0.918. The lowest BCUT2D eigenvalue weighted by Crippen LogP contribution is -2.38. The zero-order chi connectivity index (χ0) is 13.8. The van der Waals surface area contributed by atoms with Gasteiger partial charge < -0.3 is 10.4 Å². The number of hydrogen-bond acceptors (Lipinski definition) is 2. The van der Waals surface area contributed by atoms with Crippen molar-refractivity contribution >= 4 is 27.8 Å². The van der Waals surface area contributed by atoms with E-state index in [0.29, 0.717) is 6.54 Å². The Morgan fingerprint density at radius 1 is 1.33 bits per heavy atom. The highest BCUT2D eigenvalue weighted by Crippen LogP contribution is 2.21. The molecule has 0 spiro atoms. The fraction of sp³-hybridized carbons (Fsp3) is 0.385. The van der Waals surface area contributed by atoms with E-state index in [9.17, 15) is 9.59 Å². The Labute approximate surface area is 115 Å². The van der Waals surface area contributed by atoms with E-state index in [1.807, 2.05) is 24.3 Å². The number of benzene rings is 1. The molecule has 0 saturated carbocycles. The predicted molar refractivity (Wildman–Crippen MR) is 72.0 cm³/mol. The molecule has 1 aromatic rings. The largest absolute Gasteiger partial charge is 0.481 e. The van der Waals surface area contributed by atoms with Gasteiger partial charge in [-0.1, -0.05) is 48.0 Å². The van der Waals surface area contributed by atoms with E-state index >= 15 is 0 Å². The quantitative estimate of drug-likeness (QED) is 0.878. The van der Waals surface area contributed by atoms with E-state index in [2.05, 4.69) is 21.2 Å². The molecule has 0 aliphatic carbocycles. The first-order chi connectivity index (χ1) is 8.33.